The van der Waals surface area contributed by atoms with E-state index in [1.54, 1.807) is 19.9 Å². The molecule has 0 amide bonds. The maximum atomic E-state index is 15.7. The Hall–Kier alpha value is -9.08. The number of fused-ring (bicyclic) bond motifs is 8. The van der Waals surface area contributed by atoms with Crippen molar-refractivity contribution in [2.75, 3.05) is 42.7 Å². The molecule has 5 aromatic rings. The SMILES string of the molecule is COC1=CC(OC)=C2C(O)=C3C(=O)[C@@H](O)[C@@](C)(O)CC3=C(c3c(OC)cc4c(c3O)C(=O)c3c(O)cc(C)cc3C4C3c4cc(OC)c(-c5c6c(c(O)c7c(OC)cc(OC)cc57)C(=O)[C@@H](O)[C@@](C)(O)C6)c(O)c4C(O)=C4C(=O)C=C(C)CC43)C2C1. The zero-order chi connectivity index (χ0) is 62.0. The molecule has 7 aliphatic carbocycles. The molecular weight excluding hydrogens is 1110 g/mol. The van der Waals surface area contributed by atoms with Crippen molar-refractivity contribution in [1.82, 2.24) is 0 Å². The third kappa shape index (κ3) is 7.81. The van der Waals surface area contributed by atoms with Crippen molar-refractivity contribution < 1.29 is 98.7 Å². The molecule has 0 saturated heterocycles. The summed E-state index contributed by atoms with van der Waals surface area (Å²) >= 11 is 0. The zero-order valence-electron chi connectivity index (χ0n) is 48.5. The van der Waals surface area contributed by atoms with Gasteiger partial charge in [-0.2, -0.15) is 0 Å². The Labute approximate surface area is 491 Å². The maximum Gasteiger partial charge on any atom is 0.201 e. The number of phenolic OH excluding ortho intramolecular Hbond substituents is 4. The van der Waals surface area contributed by atoms with Crippen molar-refractivity contribution in [3.63, 3.8) is 0 Å². The Balaban J connectivity index is 1.20. The third-order valence-corrected chi connectivity index (χ3v) is 18.5. The lowest BCUT2D eigenvalue weighted by atomic mass is 9.58. The van der Waals surface area contributed by atoms with Crippen LogP contribution in [0.25, 0.3) is 33.2 Å². The van der Waals surface area contributed by atoms with Crippen LogP contribution < -0.4 is 18.9 Å². The van der Waals surface area contributed by atoms with Crippen LogP contribution in [0.4, 0.5) is 0 Å². The molecule has 0 spiro atoms. The molecular formula is C66H62O20. The Morgan fingerprint density at radius 1 is 0.547 bits per heavy atom. The molecule has 10 N–H and O–H groups in total. The summed E-state index contributed by atoms with van der Waals surface area (Å²) in [4.78, 5) is 59.2. The lowest BCUT2D eigenvalue weighted by molar-refractivity contribution is -0.140. The summed E-state index contributed by atoms with van der Waals surface area (Å²) < 4.78 is 35.4. The van der Waals surface area contributed by atoms with E-state index in [-0.39, 0.29) is 136 Å². The molecule has 4 unspecified atom stereocenters. The van der Waals surface area contributed by atoms with Crippen molar-refractivity contribution in [2.24, 2.45) is 11.8 Å². The number of hydrogen-bond donors (Lipinski definition) is 10. The highest BCUT2D eigenvalue weighted by molar-refractivity contribution is 6.20. The van der Waals surface area contributed by atoms with E-state index in [1.807, 2.05) is 0 Å². The van der Waals surface area contributed by atoms with Gasteiger partial charge in [-0.25, -0.2) is 0 Å². The molecule has 1 saturated carbocycles. The van der Waals surface area contributed by atoms with Crippen LogP contribution in [0.1, 0.15) is 117 Å². The van der Waals surface area contributed by atoms with Gasteiger partial charge < -0.3 is 79.5 Å². The summed E-state index contributed by atoms with van der Waals surface area (Å²) in [5.41, 5.74) is -4.89. The first-order valence-corrected chi connectivity index (χ1v) is 27.7. The van der Waals surface area contributed by atoms with Crippen LogP contribution in [-0.4, -0.2) is 140 Å². The number of carbonyl (C=O) groups excluding carboxylic acids is 4. The van der Waals surface area contributed by atoms with E-state index in [4.69, 9.17) is 28.4 Å². The molecule has 7 aliphatic rings. The second-order valence-electron chi connectivity index (χ2n) is 23.6. The van der Waals surface area contributed by atoms with Crippen LogP contribution in [-0.2, 0) is 25.5 Å². The largest absolute Gasteiger partial charge is 0.507 e. The van der Waals surface area contributed by atoms with E-state index >= 15 is 4.79 Å². The number of phenols is 4. The van der Waals surface area contributed by atoms with E-state index < -0.39 is 123 Å². The van der Waals surface area contributed by atoms with E-state index in [9.17, 15) is 65.4 Å². The van der Waals surface area contributed by atoms with Gasteiger partial charge in [0.1, 0.15) is 81.2 Å². The molecule has 20 heteroatoms. The average molecular weight is 1180 g/mol. The Kier molecular flexibility index (Phi) is 13.2. The summed E-state index contributed by atoms with van der Waals surface area (Å²) in [6.45, 7) is 5.91. The van der Waals surface area contributed by atoms with Gasteiger partial charge in [0.2, 0.25) is 5.78 Å². The summed E-state index contributed by atoms with van der Waals surface area (Å²) in [5.74, 6) is -11.4. The number of ketones is 4. The summed E-state index contributed by atoms with van der Waals surface area (Å²) in [6.07, 6.45) is -2.02. The Morgan fingerprint density at radius 2 is 1.17 bits per heavy atom. The van der Waals surface area contributed by atoms with Gasteiger partial charge in [-0.3, -0.25) is 19.2 Å². The molecule has 0 aliphatic heterocycles. The molecule has 0 bridgehead atoms. The molecule has 0 heterocycles. The lowest BCUT2D eigenvalue weighted by Crippen LogP contribution is -2.51. The highest BCUT2D eigenvalue weighted by atomic mass is 16.5. The molecule has 8 atom stereocenters. The number of Topliss-reactive ketones (excluding diaryl/α,β-unsaturated/α-hetero) is 2. The standard InChI is InChI=1S/C66H62O20/c1-23-11-27-41(31-19-39(85-9)53(59(73)49(31)55(69)45(27)35(67)13-23)43-29-15-25(81-5)17-37(83-7)47(29)57(71)51-33(43)21-65(3,79)63(77)61(51)75)42-28-12-24(2)14-36(68)46(28)56(70)50-32(42)20-40(86-10)54(60(50)74)44-30-16-26(82-6)18-38(84-8)48(30)58(72)52-34(44)22-66(4,80)64(78)62(52)76/h11,13-14,16-20,28-29,41-42,63-64,67,70-74,77-80H,12,15,21-22H2,1-10H3/t28?,29?,41?,42?,63-,64-,65+,66+/m1/s1. The van der Waals surface area contributed by atoms with Gasteiger partial charge in [-0.15, -0.1) is 0 Å². The van der Waals surface area contributed by atoms with Crippen molar-refractivity contribution >= 4 is 45.2 Å². The van der Waals surface area contributed by atoms with Gasteiger partial charge in [0.15, 0.2) is 17.3 Å². The predicted octanol–water partition coefficient (Wildman–Crippen LogP) is 7.92. The second kappa shape index (κ2) is 19.7. The summed E-state index contributed by atoms with van der Waals surface area (Å²) in [7, 11) is 8.05. The number of carbonyl (C=O) groups is 4. The number of aryl methyl sites for hydroxylation is 1. The number of benzene rings is 5. The van der Waals surface area contributed by atoms with Gasteiger partial charge in [-0.1, -0.05) is 11.6 Å². The third-order valence-electron chi connectivity index (χ3n) is 18.5. The van der Waals surface area contributed by atoms with Crippen LogP contribution in [0.15, 0.2) is 93.7 Å². The molecule has 86 heavy (non-hydrogen) atoms. The van der Waals surface area contributed by atoms with Crippen molar-refractivity contribution in [3.05, 3.63) is 149 Å². The number of aromatic hydroxyl groups is 4. The molecule has 12 rings (SSSR count). The summed E-state index contributed by atoms with van der Waals surface area (Å²) in [5, 5.41) is 122. The van der Waals surface area contributed by atoms with Gasteiger partial charge >= 0.3 is 0 Å². The second-order valence-corrected chi connectivity index (χ2v) is 23.6. The minimum Gasteiger partial charge on any atom is -0.507 e. The van der Waals surface area contributed by atoms with Crippen LogP contribution >= 0.6 is 0 Å². The zero-order valence-corrected chi connectivity index (χ0v) is 48.5. The van der Waals surface area contributed by atoms with Crippen LogP contribution in [0, 0.1) is 18.8 Å². The first-order valence-electron chi connectivity index (χ1n) is 27.7. The van der Waals surface area contributed by atoms with E-state index in [2.05, 4.69) is 0 Å². The first-order chi connectivity index (χ1) is 40.7. The van der Waals surface area contributed by atoms with Crippen molar-refractivity contribution in [2.45, 2.75) is 88.6 Å². The highest BCUT2D eigenvalue weighted by Gasteiger charge is 2.55. The smallest absolute Gasteiger partial charge is 0.201 e. The fourth-order valence-electron chi connectivity index (χ4n) is 14.8. The molecule has 446 valence electrons. The fourth-order valence-corrected chi connectivity index (χ4v) is 14.8. The minimum absolute atomic E-state index is 0.00435. The lowest BCUT2D eigenvalue weighted by Gasteiger charge is -2.44. The van der Waals surface area contributed by atoms with Crippen LogP contribution in [0.2, 0.25) is 0 Å². The quantitative estimate of drug-likeness (QED) is 0.0670. The normalized spacial score (nSPS) is 25.8. The van der Waals surface area contributed by atoms with E-state index in [0.29, 0.717) is 16.9 Å². The van der Waals surface area contributed by atoms with Gasteiger partial charge in [0.05, 0.1) is 98.2 Å². The van der Waals surface area contributed by atoms with Crippen molar-refractivity contribution in [1.29, 1.82) is 0 Å². The average Bonchev–Trinajstić information content (AvgIpc) is 0.718. The number of allylic oxidation sites excluding steroid dienone is 7. The van der Waals surface area contributed by atoms with E-state index in [0.717, 1.165) is 0 Å². The van der Waals surface area contributed by atoms with Crippen molar-refractivity contribution in [3.8, 4) is 57.1 Å². The number of hydrogen-bond acceptors (Lipinski definition) is 20. The number of ether oxygens (including phenoxy) is 6. The monoisotopic (exact) mass is 1170 g/mol. The van der Waals surface area contributed by atoms with Gasteiger partial charge in [-0.05, 0) is 103 Å². The molecule has 0 aromatic heterocycles. The van der Waals surface area contributed by atoms with Gasteiger partial charge in [0.25, 0.3) is 0 Å². The predicted molar refractivity (Wildman–Crippen MR) is 309 cm³/mol. The Morgan fingerprint density at radius 3 is 1.83 bits per heavy atom. The van der Waals surface area contributed by atoms with Crippen LogP contribution in [0.5, 0.6) is 46.0 Å². The topological polar surface area (TPSA) is 326 Å². The minimum atomic E-state index is -2.15. The van der Waals surface area contributed by atoms with Crippen LogP contribution in [0.3, 0.4) is 0 Å². The first kappa shape index (κ1) is 57.4. The molecule has 5 aromatic carbocycles. The van der Waals surface area contributed by atoms with Gasteiger partial charge in [0, 0.05) is 77.2 Å². The number of rotatable bonds is 9. The number of aliphatic hydroxyl groups is 6. The molecule has 0 radical (unpaired) electrons. The fraction of sp³-hybridized carbons (Fsp3) is 0.333. The van der Waals surface area contributed by atoms with E-state index in [1.165, 1.54) is 99.0 Å². The number of methoxy groups -OCH3 is 6. The maximum absolute atomic E-state index is 15.7. The summed E-state index contributed by atoms with van der Waals surface area (Å²) in [6, 6.07) is 9.03. The number of aliphatic hydroxyl groups excluding tert-OH is 4. The molecule has 20 nitrogen and oxygen atoms in total. The Bertz CT molecular complexity index is 4200. The highest BCUT2D eigenvalue weighted by Crippen LogP contribution is 2.65. The molecule has 1 fully saturated rings.